The number of carbonyl (C=O) groups is 1. The van der Waals surface area contributed by atoms with Gasteiger partial charge in [-0.1, -0.05) is 31.1 Å². The summed E-state index contributed by atoms with van der Waals surface area (Å²) in [7, 11) is 0. The molecule has 100 valence electrons. The van der Waals surface area contributed by atoms with E-state index in [-0.39, 0.29) is 18.0 Å². The molecule has 1 amide bonds. The topological polar surface area (TPSA) is 68.0 Å². The molecule has 0 aliphatic rings. The zero-order valence-corrected chi connectivity index (χ0v) is 10.7. The van der Waals surface area contributed by atoms with Gasteiger partial charge in [-0.3, -0.25) is 4.79 Å². The number of nitrogens with zero attached hydrogens (tertiary/aromatic N) is 2. The number of hydrogen-bond acceptors (Lipinski definition) is 4. The average Bonchev–Trinajstić information content (AvgIpc) is 2.85. The van der Waals surface area contributed by atoms with Crippen molar-refractivity contribution in [3.8, 4) is 0 Å². The highest BCUT2D eigenvalue weighted by molar-refractivity contribution is 5.94. The number of halogens is 1. The molecule has 0 atom stereocenters. The van der Waals surface area contributed by atoms with Crippen molar-refractivity contribution in [3.63, 3.8) is 0 Å². The fourth-order valence-corrected chi connectivity index (χ4v) is 1.47. The van der Waals surface area contributed by atoms with Gasteiger partial charge in [-0.2, -0.15) is 4.98 Å². The van der Waals surface area contributed by atoms with Gasteiger partial charge >= 0.3 is 0 Å². The van der Waals surface area contributed by atoms with E-state index >= 15 is 0 Å². The molecule has 2 rings (SSSR count). The fraction of sp³-hybridized carbons (Fsp3) is 0.308. The van der Waals surface area contributed by atoms with Gasteiger partial charge in [0.1, 0.15) is 5.82 Å². The van der Waals surface area contributed by atoms with Gasteiger partial charge in [0, 0.05) is 5.92 Å². The Kier molecular flexibility index (Phi) is 3.89. The molecule has 1 heterocycles. The summed E-state index contributed by atoms with van der Waals surface area (Å²) in [5.41, 5.74) is -0.00456. The lowest BCUT2D eigenvalue weighted by atomic mass is 10.2. The van der Waals surface area contributed by atoms with Crippen LogP contribution in [-0.4, -0.2) is 16.0 Å². The second-order valence-corrected chi connectivity index (χ2v) is 4.37. The van der Waals surface area contributed by atoms with Gasteiger partial charge in [0.15, 0.2) is 5.82 Å². The highest BCUT2D eigenvalue weighted by Crippen LogP contribution is 2.11. The van der Waals surface area contributed by atoms with Crippen LogP contribution in [0.2, 0.25) is 0 Å². The third kappa shape index (κ3) is 3.15. The lowest BCUT2D eigenvalue weighted by molar-refractivity contribution is 0.0945. The number of benzene rings is 1. The molecular formula is C13H14FN3O2. The van der Waals surface area contributed by atoms with Gasteiger partial charge in [0.25, 0.3) is 5.91 Å². The number of rotatable bonds is 4. The van der Waals surface area contributed by atoms with E-state index in [1.165, 1.54) is 18.2 Å². The summed E-state index contributed by atoms with van der Waals surface area (Å²) in [5.74, 6) is -0.0583. The molecule has 0 fully saturated rings. The second kappa shape index (κ2) is 5.60. The molecule has 0 aliphatic heterocycles. The van der Waals surface area contributed by atoms with Crippen molar-refractivity contribution in [2.45, 2.75) is 26.3 Å². The highest BCUT2D eigenvalue weighted by atomic mass is 19.1. The Bertz CT molecular complexity index is 581. The second-order valence-electron chi connectivity index (χ2n) is 4.37. The summed E-state index contributed by atoms with van der Waals surface area (Å²) in [5, 5.41) is 6.28. The van der Waals surface area contributed by atoms with Crippen molar-refractivity contribution in [3.05, 3.63) is 47.4 Å². The van der Waals surface area contributed by atoms with Crippen molar-refractivity contribution in [2.75, 3.05) is 0 Å². The molecule has 1 N–H and O–H groups in total. The first kappa shape index (κ1) is 13.2. The zero-order chi connectivity index (χ0) is 13.8. The molecule has 1 aromatic heterocycles. The third-order valence-electron chi connectivity index (χ3n) is 2.50. The first-order chi connectivity index (χ1) is 9.08. The van der Waals surface area contributed by atoms with E-state index in [0.29, 0.717) is 11.7 Å². The van der Waals surface area contributed by atoms with Crippen LogP contribution in [0, 0.1) is 5.82 Å². The quantitative estimate of drug-likeness (QED) is 0.918. The van der Waals surface area contributed by atoms with E-state index in [2.05, 4.69) is 15.5 Å². The molecule has 0 spiro atoms. The smallest absolute Gasteiger partial charge is 0.254 e. The number of nitrogens with one attached hydrogen (secondary N) is 1. The normalized spacial score (nSPS) is 10.7. The maximum absolute atomic E-state index is 13.4. The predicted octanol–water partition coefficient (Wildman–Crippen LogP) is 2.26. The van der Waals surface area contributed by atoms with Crippen LogP contribution in [0.4, 0.5) is 4.39 Å². The molecule has 19 heavy (non-hydrogen) atoms. The van der Waals surface area contributed by atoms with Crippen molar-refractivity contribution in [1.82, 2.24) is 15.5 Å². The van der Waals surface area contributed by atoms with Crippen LogP contribution in [0.5, 0.6) is 0 Å². The molecule has 0 unspecified atom stereocenters. The fourth-order valence-electron chi connectivity index (χ4n) is 1.47. The van der Waals surface area contributed by atoms with Crippen molar-refractivity contribution in [2.24, 2.45) is 0 Å². The van der Waals surface area contributed by atoms with Gasteiger partial charge in [-0.15, -0.1) is 0 Å². The van der Waals surface area contributed by atoms with Crippen molar-refractivity contribution >= 4 is 5.91 Å². The van der Waals surface area contributed by atoms with Gasteiger partial charge in [-0.25, -0.2) is 4.39 Å². The first-order valence-corrected chi connectivity index (χ1v) is 5.93. The third-order valence-corrected chi connectivity index (χ3v) is 2.50. The summed E-state index contributed by atoms with van der Waals surface area (Å²) in [6, 6.07) is 5.78. The van der Waals surface area contributed by atoms with Crippen LogP contribution in [0.1, 0.15) is 41.8 Å². The summed E-state index contributed by atoms with van der Waals surface area (Å²) in [6.07, 6.45) is 0. The molecule has 5 nitrogen and oxygen atoms in total. The van der Waals surface area contributed by atoms with E-state index in [9.17, 15) is 9.18 Å². The molecule has 0 bridgehead atoms. The Labute approximate surface area is 109 Å². The van der Waals surface area contributed by atoms with Crippen LogP contribution in [0.15, 0.2) is 28.8 Å². The highest BCUT2D eigenvalue weighted by Gasteiger charge is 2.13. The van der Waals surface area contributed by atoms with Crippen LogP contribution >= 0.6 is 0 Å². The summed E-state index contributed by atoms with van der Waals surface area (Å²) < 4.78 is 18.4. The minimum absolute atomic E-state index is 0.00456. The Morgan fingerprint density at radius 2 is 2.16 bits per heavy atom. The number of carbonyl (C=O) groups excluding carboxylic acids is 1. The largest absolute Gasteiger partial charge is 0.345 e. The SMILES string of the molecule is CC(C)c1nc(CNC(=O)c2ccccc2F)no1. The van der Waals surface area contributed by atoms with Gasteiger partial charge in [0.2, 0.25) is 5.89 Å². The molecule has 0 saturated heterocycles. The Morgan fingerprint density at radius 1 is 1.42 bits per heavy atom. The van der Waals surface area contributed by atoms with Crippen LogP contribution in [0.3, 0.4) is 0 Å². The maximum Gasteiger partial charge on any atom is 0.254 e. The molecule has 0 radical (unpaired) electrons. The van der Waals surface area contributed by atoms with Crippen LogP contribution in [0.25, 0.3) is 0 Å². The van der Waals surface area contributed by atoms with Gasteiger partial charge in [-0.05, 0) is 12.1 Å². The van der Waals surface area contributed by atoms with E-state index in [0.717, 1.165) is 0 Å². The Balaban J connectivity index is 1.98. The molecule has 0 aliphatic carbocycles. The molecular weight excluding hydrogens is 249 g/mol. The molecule has 6 heteroatoms. The maximum atomic E-state index is 13.4. The first-order valence-electron chi connectivity index (χ1n) is 5.93. The number of amides is 1. The number of aromatic nitrogens is 2. The van der Waals surface area contributed by atoms with Crippen molar-refractivity contribution < 1.29 is 13.7 Å². The van der Waals surface area contributed by atoms with Crippen LogP contribution in [-0.2, 0) is 6.54 Å². The van der Waals surface area contributed by atoms with Gasteiger partial charge in [0.05, 0.1) is 12.1 Å². The standard InChI is InChI=1S/C13H14FN3O2/c1-8(2)13-16-11(17-19-13)7-15-12(18)9-5-3-4-6-10(9)14/h3-6,8H,7H2,1-2H3,(H,15,18). The van der Waals surface area contributed by atoms with E-state index in [1.54, 1.807) is 6.07 Å². The lowest BCUT2D eigenvalue weighted by Crippen LogP contribution is -2.24. The minimum Gasteiger partial charge on any atom is -0.345 e. The van der Waals surface area contributed by atoms with E-state index in [1.807, 2.05) is 13.8 Å². The Morgan fingerprint density at radius 3 is 2.79 bits per heavy atom. The van der Waals surface area contributed by atoms with Gasteiger partial charge < -0.3 is 9.84 Å². The monoisotopic (exact) mass is 263 g/mol. The predicted molar refractivity (Wildman–Crippen MR) is 66.0 cm³/mol. The van der Waals surface area contributed by atoms with Crippen molar-refractivity contribution in [1.29, 1.82) is 0 Å². The molecule has 1 aromatic carbocycles. The zero-order valence-electron chi connectivity index (χ0n) is 10.7. The molecule has 0 saturated carbocycles. The number of hydrogen-bond donors (Lipinski definition) is 1. The lowest BCUT2D eigenvalue weighted by Gasteiger charge is -2.03. The minimum atomic E-state index is -0.559. The molecule has 2 aromatic rings. The van der Waals surface area contributed by atoms with E-state index < -0.39 is 11.7 Å². The average molecular weight is 263 g/mol. The summed E-state index contributed by atoms with van der Waals surface area (Å²) in [4.78, 5) is 15.9. The summed E-state index contributed by atoms with van der Waals surface area (Å²) >= 11 is 0. The summed E-state index contributed by atoms with van der Waals surface area (Å²) in [6.45, 7) is 3.95. The Hall–Kier alpha value is -2.24. The van der Waals surface area contributed by atoms with E-state index in [4.69, 9.17) is 4.52 Å². The van der Waals surface area contributed by atoms with Crippen LogP contribution < -0.4 is 5.32 Å².